The van der Waals surface area contributed by atoms with Crippen molar-refractivity contribution in [1.29, 1.82) is 0 Å². The van der Waals surface area contributed by atoms with Crippen molar-refractivity contribution in [3.05, 3.63) is 41.6 Å². The van der Waals surface area contributed by atoms with Gasteiger partial charge in [0.25, 0.3) is 5.88 Å². The minimum absolute atomic E-state index is 0.158. The Bertz CT molecular complexity index is 554. The highest BCUT2D eigenvalue weighted by molar-refractivity contribution is 5.51. The van der Waals surface area contributed by atoms with E-state index < -0.39 is 11.6 Å². The molecule has 2 aromatic rings. The molecule has 1 aromatic carbocycles. The van der Waals surface area contributed by atoms with Gasteiger partial charge in [0.2, 0.25) is 0 Å². The minimum Gasteiger partial charge on any atom is -0.478 e. The predicted octanol–water partition coefficient (Wildman–Crippen LogP) is 2.32. The standard InChI is InChI=1S/C12H13F2N3O/c1-17-7-11(12(16-17)18-2)15-6-8-5-9(13)3-4-10(8)14/h3-5,7,15H,6H2,1-2H3. The smallest absolute Gasteiger partial charge is 0.256 e. The molecule has 0 aliphatic heterocycles. The van der Waals surface area contributed by atoms with Crippen molar-refractivity contribution in [2.24, 2.45) is 7.05 Å². The number of nitrogens with one attached hydrogen (secondary N) is 1. The molecule has 0 unspecified atom stereocenters. The Balaban J connectivity index is 2.13. The second-order valence-corrected chi connectivity index (χ2v) is 3.82. The maximum Gasteiger partial charge on any atom is 0.256 e. The number of anilines is 1. The van der Waals surface area contributed by atoms with Gasteiger partial charge < -0.3 is 10.1 Å². The van der Waals surface area contributed by atoms with E-state index >= 15 is 0 Å². The Hall–Kier alpha value is -2.11. The van der Waals surface area contributed by atoms with Crippen LogP contribution in [0.2, 0.25) is 0 Å². The zero-order valence-electron chi connectivity index (χ0n) is 10.1. The maximum atomic E-state index is 13.4. The number of rotatable bonds is 4. The Morgan fingerprint density at radius 2 is 2.17 bits per heavy atom. The number of methoxy groups -OCH3 is 1. The van der Waals surface area contributed by atoms with Gasteiger partial charge in [-0.2, -0.15) is 0 Å². The average Bonchev–Trinajstić information content (AvgIpc) is 2.71. The normalized spacial score (nSPS) is 10.4. The summed E-state index contributed by atoms with van der Waals surface area (Å²) in [5.74, 6) is -0.507. The van der Waals surface area contributed by atoms with E-state index in [1.807, 2.05) is 0 Å². The topological polar surface area (TPSA) is 39.1 Å². The fourth-order valence-corrected chi connectivity index (χ4v) is 1.61. The van der Waals surface area contributed by atoms with Crippen LogP contribution >= 0.6 is 0 Å². The van der Waals surface area contributed by atoms with E-state index in [0.717, 1.165) is 18.2 Å². The minimum atomic E-state index is -0.466. The van der Waals surface area contributed by atoms with Crippen LogP contribution in [0.1, 0.15) is 5.56 Å². The Morgan fingerprint density at radius 1 is 1.39 bits per heavy atom. The summed E-state index contributed by atoms with van der Waals surface area (Å²) in [5, 5.41) is 7.00. The molecule has 0 bridgehead atoms. The molecule has 0 fully saturated rings. The first-order valence-corrected chi connectivity index (χ1v) is 5.35. The molecule has 0 atom stereocenters. The van der Waals surface area contributed by atoms with Crippen molar-refractivity contribution in [3.8, 4) is 5.88 Å². The molecule has 18 heavy (non-hydrogen) atoms. The van der Waals surface area contributed by atoms with Crippen molar-refractivity contribution >= 4 is 5.69 Å². The molecule has 2 rings (SSSR count). The van der Waals surface area contributed by atoms with Crippen LogP contribution in [0.5, 0.6) is 5.88 Å². The van der Waals surface area contributed by atoms with Crippen LogP contribution in [-0.2, 0) is 13.6 Å². The first-order valence-electron chi connectivity index (χ1n) is 5.35. The molecule has 0 saturated carbocycles. The number of benzene rings is 1. The summed E-state index contributed by atoms with van der Waals surface area (Å²) in [5.41, 5.74) is 0.879. The largest absolute Gasteiger partial charge is 0.478 e. The van der Waals surface area contributed by atoms with Crippen LogP contribution in [0.3, 0.4) is 0 Å². The molecule has 1 N–H and O–H groups in total. The first-order chi connectivity index (χ1) is 8.60. The number of hydrogen-bond donors (Lipinski definition) is 1. The highest BCUT2D eigenvalue weighted by atomic mass is 19.1. The van der Waals surface area contributed by atoms with Gasteiger partial charge in [-0.25, -0.2) is 8.78 Å². The molecule has 0 radical (unpaired) electrons. The SMILES string of the molecule is COc1nn(C)cc1NCc1cc(F)ccc1F. The molecule has 0 saturated heterocycles. The lowest BCUT2D eigenvalue weighted by atomic mass is 10.2. The van der Waals surface area contributed by atoms with Gasteiger partial charge in [0, 0.05) is 19.2 Å². The van der Waals surface area contributed by atoms with E-state index in [4.69, 9.17) is 4.74 Å². The van der Waals surface area contributed by atoms with E-state index in [-0.39, 0.29) is 12.1 Å². The number of aromatic nitrogens is 2. The average molecular weight is 253 g/mol. The quantitative estimate of drug-likeness (QED) is 0.908. The molecule has 1 heterocycles. The molecular weight excluding hydrogens is 240 g/mol. The monoisotopic (exact) mass is 253 g/mol. The fraction of sp³-hybridized carbons (Fsp3) is 0.250. The Labute approximate surface area is 103 Å². The second kappa shape index (κ2) is 5.03. The van der Waals surface area contributed by atoms with E-state index in [2.05, 4.69) is 10.4 Å². The molecule has 0 spiro atoms. The lowest BCUT2D eigenvalue weighted by molar-refractivity contribution is 0.393. The summed E-state index contributed by atoms with van der Waals surface area (Å²) in [6, 6.07) is 3.35. The van der Waals surface area contributed by atoms with Gasteiger partial charge in [-0.15, -0.1) is 5.10 Å². The van der Waals surface area contributed by atoms with Gasteiger partial charge >= 0.3 is 0 Å². The first kappa shape index (κ1) is 12.3. The fourth-order valence-electron chi connectivity index (χ4n) is 1.61. The predicted molar refractivity (Wildman–Crippen MR) is 63.4 cm³/mol. The molecule has 96 valence electrons. The third-order valence-electron chi connectivity index (χ3n) is 2.47. The van der Waals surface area contributed by atoms with Gasteiger partial charge in [-0.05, 0) is 18.2 Å². The van der Waals surface area contributed by atoms with Gasteiger partial charge in [0.15, 0.2) is 0 Å². The molecule has 0 aliphatic rings. The van der Waals surface area contributed by atoms with Gasteiger partial charge in [-0.1, -0.05) is 0 Å². The number of nitrogens with zero attached hydrogens (tertiary/aromatic N) is 2. The van der Waals surface area contributed by atoms with E-state index in [9.17, 15) is 8.78 Å². The molecule has 0 aliphatic carbocycles. The number of hydrogen-bond acceptors (Lipinski definition) is 3. The van der Waals surface area contributed by atoms with Crippen LogP contribution in [-0.4, -0.2) is 16.9 Å². The summed E-state index contributed by atoms with van der Waals surface area (Å²) >= 11 is 0. The molecule has 6 heteroatoms. The summed E-state index contributed by atoms with van der Waals surface area (Å²) in [6.45, 7) is 0.158. The van der Waals surface area contributed by atoms with Crippen LogP contribution < -0.4 is 10.1 Å². The lowest BCUT2D eigenvalue weighted by Crippen LogP contribution is -2.02. The van der Waals surface area contributed by atoms with Crippen molar-refractivity contribution < 1.29 is 13.5 Å². The third-order valence-corrected chi connectivity index (χ3v) is 2.47. The van der Waals surface area contributed by atoms with Crippen LogP contribution in [0.4, 0.5) is 14.5 Å². The molecule has 4 nitrogen and oxygen atoms in total. The highest BCUT2D eigenvalue weighted by Crippen LogP contribution is 2.22. The van der Waals surface area contributed by atoms with Crippen molar-refractivity contribution in [1.82, 2.24) is 9.78 Å². The van der Waals surface area contributed by atoms with Gasteiger partial charge in [-0.3, -0.25) is 4.68 Å². The number of aryl methyl sites for hydroxylation is 1. The Morgan fingerprint density at radius 3 is 2.89 bits per heavy atom. The molecular formula is C12H13F2N3O. The highest BCUT2D eigenvalue weighted by Gasteiger charge is 2.09. The van der Waals surface area contributed by atoms with Crippen LogP contribution in [0.15, 0.2) is 24.4 Å². The van der Waals surface area contributed by atoms with Crippen LogP contribution in [0.25, 0.3) is 0 Å². The van der Waals surface area contributed by atoms with Gasteiger partial charge in [0.05, 0.1) is 13.3 Å². The zero-order valence-corrected chi connectivity index (χ0v) is 10.1. The van der Waals surface area contributed by atoms with Crippen molar-refractivity contribution in [3.63, 3.8) is 0 Å². The number of halogens is 2. The van der Waals surface area contributed by atoms with Crippen LogP contribution in [0, 0.1) is 11.6 Å². The Kier molecular flexibility index (Phi) is 3.45. The maximum absolute atomic E-state index is 13.4. The summed E-state index contributed by atoms with van der Waals surface area (Å²) in [7, 11) is 3.24. The third kappa shape index (κ3) is 2.58. The van der Waals surface area contributed by atoms with E-state index in [0.29, 0.717) is 11.6 Å². The van der Waals surface area contributed by atoms with E-state index in [1.54, 1.807) is 17.9 Å². The molecule has 0 amide bonds. The lowest BCUT2D eigenvalue weighted by Gasteiger charge is -2.06. The molecule has 1 aromatic heterocycles. The van der Waals surface area contributed by atoms with Gasteiger partial charge in [0.1, 0.15) is 17.3 Å². The number of ether oxygens (including phenoxy) is 1. The summed E-state index contributed by atoms with van der Waals surface area (Å²) in [6.07, 6.45) is 1.70. The van der Waals surface area contributed by atoms with E-state index in [1.165, 1.54) is 7.11 Å². The summed E-state index contributed by atoms with van der Waals surface area (Å²) < 4.78 is 33.0. The summed E-state index contributed by atoms with van der Waals surface area (Å²) in [4.78, 5) is 0. The zero-order chi connectivity index (χ0) is 13.1. The van der Waals surface area contributed by atoms with Crippen molar-refractivity contribution in [2.75, 3.05) is 12.4 Å². The van der Waals surface area contributed by atoms with Crippen molar-refractivity contribution in [2.45, 2.75) is 6.54 Å². The second-order valence-electron chi connectivity index (χ2n) is 3.82.